The fraction of sp³-hybridized carbons (Fsp3) is 0.625. The molecule has 1 N–H and O–H groups in total. The minimum absolute atomic E-state index is 0.639. The summed E-state index contributed by atoms with van der Waals surface area (Å²) in [6.07, 6.45) is 5.29. The lowest BCUT2D eigenvalue weighted by Gasteiger charge is -2.37. The Kier molecular flexibility index (Phi) is 3.67. The number of nitrogens with one attached hydrogen (secondary N) is 1. The molecule has 1 aromatic carbocycles. The highest BCUT2D eigenvalue weighted by atomic mass is 15.1. The largest absolute Gasteiger partial charge is 0.316 e. The van der Waals surface area contributed by atoms with Gasteiger partial charge in [0.05, 0.1) is 0 Å². The van der Waals surface area contributed by atoms with Crippen LogP contribution in [-0.2, 0) is 6.42 Å². The molecule has 0 spiro atoms. The van der Waals surface area contributed by atoms with E-state index < -0.39 is 0 Å². The van der Waals surface area contributed by atoms with Gasteiger partial charge >= 0.3 is 0 Å². The molecule has 98 valence electrons. The van der Waals surface area contributed by atoms with Crippen LogP contribution in [0.1, 0.15) is 36.4 Å². The molecule has 0 saturated carbocycles. The van der Waals surface area contributed by atoms with Crippen LogP contribution in [0.5, 0.6) is 0 Å². The molecule has 2 heterocycles. The van der Waals surface area contributed by atoms with E-state index >= 15 is 0 Å². The Bertz CT molecular complexity index is 396. The second kappa shape index (κ2) is 5.41. The Labute approximate surface area is 110 Å². The van der Waals surface area contributed by atoms with Gasteiger partial charge in [-0.2, -0.15) is 0 Å². The van der Waals surface area contributed by atoms with Gasteiger partial charge in [-0.05, 0) is 62.9 Å². The molecule has 0 amide bonds. The highest BCUT2D eigenvalue weighted by Gasteiger charge is 2.27. The Morgan fingerprint density at radius 3 is 3.06 bits per heavy atom. The van der Waals surface area contributed by atoms with Crippen molar-refractivity contribution < 1.29 is 0 Å². The summed E-state index contributed by atoms with van der Waals surface area (Å²) in [6.45, 7) is 3.64. The molecule has 18 heavy (non-hydrogen) atoms. The van der Waals surface area contributed by atoms with Crippen LogP contribution in [0, 0.1) is 5.92 Å². The summed E-state index contributed by atoms with van der Waals surface area (Å²) in [7, 11) is 2.29. The van der Waals surface area contributed by atoms with Crippen molar-refractivity contribution in [3.8, 4) is 0 Å². The normalized spacial score (nSPS) is 28.9. The van der Waals surface area contributed by atoms with Gasteiger partial charge in [0.15, 0.2) is 0 Å². The summed E-state index contributed by atoms with van der Waals surface area (Å²) in [6, 6.07) is 9.67. The number of hydrogen-bond acceptors (Lipinski definition) is 2. The van der Waals surface area contributed by atoms with Gasteiger partial charge in [-0.3, -0.25) is 4.90 Å². The highest BCUT2D eigenvalue weighted by Crippen LogP contribution is 2.34. The zero-order valence-electron chi connectivity index (χ0n) is 11.4. The van der Waals surface area contributed by atoms with Crippen molar-refractivity contribution in [3.05, 3.63) is 35.4 Å². The van der Waals surface area contributed by atoms with E-state index in [1.807, 2.05) is 0 Å². The Hall–Kier alpha value is -0.860. The van der Waals surface area contributed by atoms with E-state index in [1.54, 1.807) is 11.1 Å². The van der Waals surface area contributed by atoms with Crippen molar-refractivity contribution in [2.24, 2.45) is 5.92 Å². The maximum absolute atomic E-state index is 3.54. The van der Waals surface area contributed by atoms with Crippen LogP contribution in [0.25, 0.3) is 0 Å². The number of rotatable bonds is 2. The summed E-state index contributed by atoms with van der Waals surface area (Å²) in [5.41, 5.74) is 3.15. The van der Waals surface area contributed by atoms with Crippen molar-refractivity contribution in [2.45, 2.75) is 31.7 Å². The number of fused-ring (bicyclic) bond motifs is 1. The molecule has 1 fully saturated rings. The van der Waals surface area contributed by atoms with Crippen molar-refractivity contribution in [2.75, 3.05) is 26.7 Å². The molecule has 2 heteroatoms. The van der Waals surface area contributed by atoms with Gasteiger partial charge in [0.1, 0.15) is 0 Å². The third-order valence-corrected chi connectivity index (χ3v) is 4.64. The molecule has 2 nitrogen and oxygen atoms in total. The summed E-state index contributed by atoms with van der Waals surface area (Å²) in [5.74, 6) is 0.859. The molecule has 0 radical (unpaired) electrons. The van der Waals surface area contributed by atoms with Gasteiger partial charge in [-0.25, -0.2) is 0 Å². The summed E-state index contributed by atoms with van der Waals surface area (Å²) in [5, 5.41) is 3.54. The minimum Gasteiger partial charge on any atom is -0.316 e. The first-order valence-electron chi connectivity index (χ1n) is 7.33. The summed E-state index contributed by atoms with van der Waals surface area (Å²) >= 11 is 0. The van der Waals surface area contributed by atoms with E-state index in [4.69, 9.17) is 0 Å². The SMILES string of the molecule is CN1CCc2ccccc2C1CC1CCCNC1. The first kappa shape index (κ1) is 12.2. The van der Waals surface area contributed by atoms with Crippen LogP contribution in [-0.4, -0.2) is 31.6 Å². The predicted octanol–water partition coefficient (Wildman–Crippen LogP) is 2.61. The highest BCUT2D eigenvalue weighted by molar-refractivity contribution is 5.32. The van der Waals surface area contributed by atoms with Gasteiger partial charge in [-0.1, -0.05) is 24.3 Å². The fourth-order valence-corrected chi connectivity index (χ4v) is 3.52. The number of nitrogens with zero attached hydrogens (tertiary/aromatic N) is 1. The molecule has 1 aromatic rings. The Morgan fingerprint density at radius 1 is 1.33 bits per heavy atom. The van der Waals surface area contributed by atoms with Gasteiger partial charge in [-0.15, -0.1) is 0 Å². The van der Waals surface area contributed by atoms with Crippen molar-refractivity contribution >= 4 is 0 Å². The smallest absolute Gasteiger partial charge is 0.0351 e. The molecular weight excluding hydrogens is 220 g/mol. The molecule has 1 saturated heterocycles. The molecule has 2 aliphatic heterocycles. The van der Waals surface area contributed by atoms with Gasteiger partial charge in [0, 0.05) is 12.6 Å². The number of hydrogen-bond donors (Lipinski definition) is 1. The van der Waals surface area contributed by atoms with E-state index in [1.165, 1.54) is 45.3 Å². The molecular formula is C16H24N2. The zero-order valence-corrected chi connectivity index (χ0v) is 11.4. The minimum atomic E-state index is 0.639. The second-order valence-corrected chi connectivity index (χ2v) is 5.89. The van der Waals surface area contributed by atoms with Crippen LogP contribution < -0.4 is 5.32 Å². The van der Waals surface area contributed by atoms with Gasteiger partial charge < -0.3 is 5.32 Å². The maximum Gasteiger partial charge on any atom is 0.0351 e. The van der Waals surface area contributed by atoms with E-state index in [-0.39, 0.29) is 0 Å². The number of benzene rings is 1. The van der Waals surface area contributed by atoms with Gasteiger partial charge in [0.2, 0.25) is 0 Å². The van der Waals surface area contributed by atoms with E-state index in [2.05, 4.69) is 41.5 Å². The molecule has 0 aromatic heterocycles. The van der Waals surface area contributed by atoms with Crippen LogP contribution in [0.4, 0.5) is 0 Å². The zero-order chi connectivity index (χ0) is 12.4. The lowest BCUT2D eigenvalue weighted by molar-refractivity contribution is 0.182. The standard InChI is InChI=1S/C16H24N2/c1-18-10-8-14-6-2-3-7-15(14)16(18)11-13-5-4-9-17-12-13/h2-3,6-7,13,16-17H,4-5,8-12H2,1H3. The third kappa shape index (κ3) is 2.45. The topological polar surface area (TPSA) is 15.3 Å². The van der Waals surface area contributed by atoms with Crippen LogP contribution in [0.2, 0.25) is 0 Å². The van der Waals surface area contributed by atoms with E-state index in [0.29, 0.717) is 6.04 Å². The lowest BCUT2D eigenvalue weighted by atomic mass is 9.84. The lowest BCUT2D eigenvalue weighted by Crippen LogP contribution is -2.37. The second-order valence-electron chi connectivity index (χ2n) is 5.89. The number of piperidine rings is 1. The fourth-order valence-electron chi connectivity index (χ4n) is 3.52. The first-order chi connectivity index (χ1) is 8.84. The van der Waals surface area contributed by atoms with Crippen LogP contribution in [0.3, 0.4) is 0 Å². The summed E-state index contributed by atoms with van der Waals surface area (Å²) in [4.78, 5) is 2.55. The molecule has 0 bridgehead atoms. The molecule has 2 unspecified atom stereocenters. The molecule has 2 atom stereocenters. The van der Waals surface area contributed by atoms with Crippen molar-refractivity contribution in [1.82, 2.24) is 10.2 Å². The Balaban J connectivity index is 1.77. The maximum atomic E-state index is 3.54. The quantitative estimate of drug-likeness (QED) is 0.860. The van der Waals surface area contributed by atoms with E-state index in [9.17, 15) is 0 Å². The predicted molar refractivity (Wildman–Crippen MR) is 75.7 cm³/mol. The number of likely N-dealkylation sites (N-methyl/N-ethyl adjacent to an activating group) is 1. The monoisotopic (exact) mass is 244 g/mol. The van der Waals surface area contributed by atoms with Crippen molar-refractivity contribution in [1.29, 1.82) is 0 Å². The first-order valence-corrected chi connectivity index (χ1v) is 7.33. The van der Waals surface area contributed by atoms with Gasteiger partial charge in [0.25, 0.3) is 0 Å². The van der Waals surface area contributed by atoms with Crippen LogP contribution in [0.15, 0.2) is 24.3 Å². The molecule has 0 aliphatic carbocycles. The molecule has 2 aliphatic rings. The third-order valence-electron chi connectivity index (χ3n) is 4.64. The van der Waals surface area contributed by atoms with Crippen molar-refractivity contribution in [3.63, 3.8) is 0 Å². The Morgan fingerprint density at radius 2 is 2.22 bits per heavy atom. The average molecular weight is 244 g/mol. The average Bonchev–Trinajstić information content (AvgIpc) is 2.43. The van der Waals surface area contributed by atoms with Crippen LogP contribution >= 0.6 is 0 Å². The summed E-state index contributed by atoms with van der Waals surface area (Å²) < 4.78 is 0. The molecule has 3 rings (SSSR count). The van der Waals surface area contributed by atoms with E-state index in [0.717, 1.165) is 5.92 Å².